The molecule has 0 amide bonds. The van der Waals surface area contributed by atoms with Gasteiger partial charge in [-0.05, 0) is 62.4 Å². The van der Waals surface area contributed by atoms with E-state index in [2.05, 4.69) is 37.4 Å². The molecule has 1 aliphatic rings. The highest BCUT2D eigenvalue weighted by atomic mass is 16.5. The van der Waals surface area contributed by atoms with Crippen LogP contribution in [-0.4, -0.2) is 26.3 Å². The number of hydrogen-bond acceptors (Lipinski definition) is 3. The van der Waals surface area contributed by atoms with E-state index in [9.17, 15) is 0 Å². The van der Waals surface area contributed by atoms with Crippen molar-refractivity contribution in [2.24, 2.45) is 0 Å². The van der Waals surface area contributed by atoms with Crippen molar-refractivity contribution in [1.82, 2.24) is 5.32 Å². The lowest BCUT2D eigenvalue weighted by Crippen LogP contribution is -2.26. The van der Waals surface area contributed by atoms with Crippen LogP contribution >= 0.6 is 0 Å². The summed E-state index contributed by atoms with van der Waals surface area (Å²) in [6, 6.07) is 6.48. The Morgan fingerprint density at radius 3 is 2.30 bits per heavy atom. The average Bonchev–Trinajstić information content (AvgIpc) is 2.52. The van der Waals surface area contributed by atoms with Crippen LogP contribution in [-0.2, 0) is 0 Å². The molecule has 3 nitrogen and oxygen atoms in total. The minimum absolute atomic E-state index is 0.653. The molecule has 0 aromatic heterocycles. The van der Waals surface area contributed by atoms with Crippen molar-refractivity contribution in [2.75, 3.05) is 26.3 Å². The van der Waals surface area contributed by atoms with E-state index in [0.717, 1.165) is 50.6 Å². The molecule has 112 valence electrons. The molecule has 0 bridgehead atoms. The van der Waals surface area contributed by atoms with Gasteiger partial charge in [0, 0.05) is 0 Å². The molecule has 0 saturated carbocycles. The first kappa shape index (κ1) is 15.2. The maximum Gasteiger partial charge on any atom is 0.161 e. The zero-order chi connectivity index (χ0) is 14.2. The van der Waals surface area contributed by atoms with Crippen LogP contribution in [0.1, 0.15) is 51.0 Å². The Bertz CT molecular complexity index is 400. The van der Waals surface area contributed by atoms with E-state index >= 15 is 0 Å². The standard InChI is InChI=1S/C17H27NO2/c1-3-11-19-16-6-5-15(13-17(16)20-12-4-2)14-7-9-18-10-8-14/h5-6,13-14,18H,3-4,7-12H2,1-2H3. The fraction of sp³-hybridized carbons (Fsp3) is 0.647. The van der Waals surface area contributed by atoms with Crippen LogP contribution < -0.4 is 14.8 Å². The summed E-state index contributed by atoms with van der Waals surface area (Å²) in [4.78, 5) is 0. The van der Waals surface area contributed by atoms with E-state index in [1.165, 1.54) is 18.4 Å². The van der Waals surface area contributed by atoms with Gasteiger partial charge in [0.25, 0.3) is 0 Å². The van der Waals surface area contributed by atoms with Crippen LogP contribution in [0.25, 0.3) is 0 Å². The third kappa shape index (κ3) is 4.14. The molecule has 1 N–H and O–H groups in total. The minimum atomic E-state index is 0.653. The molecule has 20 heavy (non-hydrogen) atoms. The third-order valence-electron chi connectivity index (χ3n) is 3.70. The highest BCUT2D eigenvalue weighted by Crippen LogP contribution is 2.34. The highest BCUT2D eigenvalue weighted by Gasteiger charge is 2.17. The minimum Gasteiger partial charge on any atom is -0.490 e. The zero-order valence-electron chi connectivity index (χ0n) is 12.8. The van der Waals surface area contributed by atoms with E-state index in [1.54, 1.807) is 0 Å². The maximum atomic E-state index is 5.87. The Kier molecular flexibility index (Phi) is 6.19. The van der Waals surface area contributed by atoms with Gasteiger partial charge in [-0.1, -0.05) is 19.9 Å². The van der Waals surface area contributed by atoms with E-state index in [1.807, 2.05) is 0 Å². The summed E-state index contributed by atoms with van der Waals surface area (Å²) >= 11 is 0. The molecule has 3 heteroatoms. The van der Waals surface area contributed by atoms with Crippen molar-refractivity contribution in [2.45, 2.75) is 45.4 Å². The van der Waals surface area contributed by atoms with Crippen molar-refractivity contribution in [3.8, 4) is 11.5 Å². The average molecular weight is 277 g/mol. The van der Waals surface area contributed by atoms with E-state index in [0.29, 0.717) is 5.92 Å². The lowest BCUT2D eigenvalue weighted by atomic mass is 9.90. The largest absolute Gasteiger partial charge is 0.490 e. The summed E-state index contributed by atoms with van der Waals surface area (Å²) in [5, 5.41) is 3.42. The number of rotatable bonds is 7. The normalized spacial score (nSPS) is 16.1. The van der Waals surface area contributed by atoms with Crippen LogP contribution in [0, 0.1) is 0 Å². The molecule has 1 heterocycles. The fourth-order valence-corrected chi connectivity index (χ4v) is 2.59. The van der Waals surface area contributed by atoms with Crippen LogP contribution in [0.3, 0.4) is 0 Å². The Hall–Kier alpha value is -1.22. The lowest BCUT2D eigenvalue weighted by molar-refractivity contribution is 0.267. The van der Waals surface area contributed by atoms with Gasteiger partial charge in [-0.15, -0.1) is 0 Å². The van der Waals surface area contributed by atoms with Gasteiger partial charge < -0.3 is 14.8 Å². The van der Waals surface area contributed by atoms with Gasteiger partial charge in [0.15, 0.2) is 11.5 Å². The first-order valence-corrected chi connectivity index (χ1v) is 7.95. The highest BCUT2D eigenvalue weighted by molar-refractivity contribution is 5.44. The summed E-state index contributed by atoms with van der Waals surface area (Å²) in [5.74, 6) is 2.45. The third-order valence-corrected chi connectivity index (χ3v) is 3.70. The smallest absolute Gasteiger partial charge is 0.161 e. The number of benzene rings is 1. The molecule has 1 fully saturated rings. The van der Waals surface area contributed by atoms with Gasteiger partial charge >= 0.3 is 0 Å². The second-order valence-corrected chi connectivity index (χ2v) is 5.43. The van der Waals surface area contributed by atoms with Gasteiger partial charge in [0.05, 0.1) is 13.2 Å². The second kappa shape index (κ2) is 8.15. The Balaban J connectivity index is 2.13. The van der Waals surface area contributed by atoms with Crippen molar-refractivity contribution in [3.05, 3.63) is 23.8 Å². The maximum absolute atomic E-state index is 5.87. The molecule has 0 radical (unpaired) electrons. The molecular weight excluding hydrogens is 250 g/mol. The van der Waals surface area contributed by atoms with Gasteiger partial charge in [-0.3, -0.25) is 0 Å². The predicted molar refractivity (Wildman–Crippen MR) is 82.9 cm³/mol. The molecule has 2 rings (SSSR count). The number of nitrogens with one attached hydrogen (secondary N) is 1. The summed E-state index contributed by atoms with van der Waals surface area (Å²) in [5.41, 5.74) is 1.39. The molecule has 0 unspecified atom stereocenters. The van der Waals surface area contributed by atoms with Crippen LogP contribution in [0.5, 0.6) is 11.5 Å². The van der Waals surface area contributed by atoms with Crippen LogP contribution in [0.2, 0.25) is 0 Å². The van der Waals surface area contributed by atoms with Crippen molar-refractivity contribution < 1.29 is 9.47 Å². The molecule has 1 aliphatic heterocycles. The lowest BCUT2D eigenvalue weighted by Gasteiger charge is -2.24. The van der Waals surface area contributed by atoms with E-state index in [-0.39, 0.29) is 0 Å². The molecule has 1 saturated heterocycles. The van der Waals surface area contributed by atoms with Crippen molar-refractivity contribution in [3.63, 3.8) is 0 Å². The Morgan fingerprint density at radius 1 is 1.00 bits per heavy atom. The van der Waals surface area contributed by atoms with Gasteiger partial charge in [-0.25, -0.2) is 0 Å². The van der Waals surface area contributed by atoms with E-state index in [4.69, 9.17) is 9.47 Å². The molecule has 1 aromatic carbocycles. The van der Waals surface area contributed by atoms with Gasteiger partial charge in [-0.2, -0.15) is 0 Å². The zero-order valence-corrected chi connectivity index (χ0v) is 12.8. The molecule has 0 spiro atoms. The van der Waals surface area contributed by atoms with Crippen LogP contribution in [0.4, 0.5) is 0 Å². The first-order chi connectivity index (χ1) is 9.85. The topological polar surface area (TPSA) is 30.5 Å². The number of hydrogen-bond donors (Lipinski definition) is 1. The number of ether oxygens (including phenoxy) is 2. The van der Waals surface area contributed by atoms with Gasteiger partial charge in [0.2, 0.25) is 0 Å². The SMILES string of the molecule is CCCOc1ccc(C2CCNCC2)cc1OCCC. The first-order valence-electron chi connectivity index (χ1n) is 7.95. The summed E-state index contributed by atoms with van der Waals surface area (Å²) in [6.45, 7) is 7.97. The molecular formula is C17H27NO2. The predicted octanol–water partition coefficient (Wildman–Crippen LogP) is 3.73. The summed E-state index contributed by atoms with van der Waals surface area (Å²) in [7, 11) is 0. The van der Waals surface area contributed by atoms with Crippen LogP contribution in [0.15, 0.2) is 18.2 Å². The van der Waals surface area contributed by atoms with Gasteiger partial charge in [0.1, 0.15) is 0 Å². The summed E-state index contributed by atoms with van der Waals surface area (Å²) in [6.07, 6.45) is 4.46. The van der Waals surface area contributed by atoms with E-state index < -0.39 is 0 Å². The number of piperidine rings is 1. The molecule has 1 aromatic rings. The fourth-order valence-electron chi connectivity index (χ4n) is 2.59. The second-order valence-electron chi connectivity index (χ2n) is 5.43. The Morgan fingerprint density at radius 2 is 1.65 bits per heavy atom. The van der Waals surface area contributed by atoms with Crippen molar-refractivity contribution in [1.29, 1.82) is 0 Å². The molecule has 0 aliphatic carbocycles. The Labute approximate surface area is 122 Å². The quantitative estimate of drug-likeness (QED) is 0.823. The molecule has 0 atom stereocenters. The monoisotopic (exact) mass is 277 g/mol. The summed E-state index contributed by atoms with van der Waals surface area (Å²) < 4.78 is 11.7. The van der Waals surface area contributed by atoms with Crippen molar-refractivity contribution >= 4 is 0 Å².